The Balaban J connectivity index is 1.79. The molecule has 174 valence electrons. The van der Waals surface area contributed by atoms with E-state index in [1.165, 1.54) is 21.5 Å². The Bertz CT molecular complexity index is 1110. The van der Waals surface area contributed by atoms with Crippen LogP contribution in [-0.2, 0) is 15.7 Å². The molecule has 4 rings (SSSR count). The summed E-state index contributed by atoms with van der Waals surface area (Å²) in [5, 5.41) is 0.765. The molecule has 0 spiro atoms. The van der Waals surface area contributed by atoms with Gasteiger partial charge in [0.2, 0.25) is 0 Å². The van der Waals surface area contributed by atoms with E-state index < -0.39 is 5.31 Å². The molecule has 0 unspecified atom stereocenters. The molecule has 0 aromatic heterocycles. The SMILES string of the molecule is CCOC(=O)COc1ccc(CP(Br)(c2ccccc2)(c2ccccc2)c2ccccc2)cc1. The fourth-order valence-electron chi connectivity index (χ4n) is 4.32. The summed E-state index contributed by atoms with van der Waals surface area (Å²) in [6.07, 6.45) is 0.793. The van der Waals surface area contributed by atoms with Gasteiger partial charge in [0.15, 0.2) is 0 Å². The van der Waals surface area contributed by atoms with Crippen molar-refractivity contribution in [2.45, 2.75) is 13.1 Å². The van der Waals surface area contributed by atoms with Gasteiger partial charge in [0, 0.05) is 0 Å². The van der Waals surface area contributed by atoms with E-state index in [9.17, 15) is 4.79 Å². The van der Waals surface area contributed by atoms with Crippen LogP contribution in [0.5, 0.6) is 5.75 Å². The number of halogens is 1. The Morgan fingerprint density at radius 3 is 1.56 bits per heavy atom. The molecular formula is C29H28BrO3P. The summed E-state index contributed by atoms with van der Waals surface area (Å²) in [4.78, 5) is 11.6. The molecular weight excluding hydrogens is 507 g/mol. The maximum atomic E-state index is 11.6. The molecule has 5 heteroatoms. The Kier molecular flexibility index (Phi) is 7.50. The topological polar surface area (TPSA) is 35.5 Å². The van der Waals surface area contributed by atoms with Crippen molar-refractivity contribution in [2.75, 3.05) is 13.2 Å². The molecule has 34 heavy (non-hydrogen) atoms. The van der Waals surface area contributed by atoms with Gasteiger partial charge in [0.25, 0.3) is 0 Å². The van der Waals surface area contributed by atoms with E-state index in [0.29, 0.717) is 12.4 Å². The van der Waals surface area contributed by atoms with Gasteiger partial charge in [-0.25, -0.2) is 0 Å². The van der Waals surface area contributed by atoms with Crippen molar-refractivity contribution in [1.29, 1.82) is 0 Å². The third-order valence-electron chi connectivity index (χ3n) is 5.95. The Morgan fingerprint density at radius 1 is 0.706 bits per heavy atom. The number of benzene rings is 4. The van der Waals surface area contributed by atoms with Gasteiger partial charge in [-0.3, -0.25) is 0 Å². The van der Waals surface area contributed by atoms with Crippen molar-refractivity contribution in [3.05, 3.63) is 121 Å². The first kappa shape index (κ1) is 24.2. The van der Waals surface area contributed by atoms with E-state index in [2.05, 4.69) is 119 Å². The average molecular weight is 535 g/mol. The minimum atomic E-state index is -3.05. The van der Waals surface area contributed by atoms with Crippen molar-refractivity contribution in [3.63, 3.8) is 0 Å². The minimum absolute atomic E-state index is 0.0941. The van der Waals surface area contributed by atoms with Crippen molar-refractivity contribution < 1.29 is 14.3 Å². The standard InChI is InChI=1S/C29H28BrO3P/c1-2-32-29(31)22-33-25-20-18-24(19-21-25)23-34(30,26-12-6-3-7-13-26,27-14-8-4-9-15-27)28-16-10-5-11-17-28/h3-21H,2,22-23H2,1H3. The molecule has 0 aliphatic carbocycles. The van der Waals surface area contributed by atoms with Crippen molar-refractivity contribution in [2.24, 2.45) is 0 Å². The Hall–Kier alpha value is -2.94. The normalized spacial score (nSPS) is 12.4. The number of hydrogen-bond acceptors (Lipinski definition) is 3. The molecule has 0 bridgehead atoms. The van der Waals surface area contributed by atoms with Crippen molar-refractivity contribution in [3.8, 4) is 5.75 Å². The molecule has 0 amide bonds. The summed E-state index contributed by atoms with van der Waals surface area (Å²) in [5.41, 5.74) is 1.18. The summed E-state index contributed by atoms with van der Waals surface area (Å²) in [5.74, 6) is 0.278. The summed E-state index contributed by atoms with van der Waals surface area (Å²) < 4.78 is 10.6. The molecule has 4 aromatic rings. The van der Waals surface area contributed by atoms with Gasteiger partial charge in [-0.2, -0.15) is 0 Å². The van der Waals surface area contributed by atoms with Crippen LogP contribution in [0.1, 0.15) is 12.5 Å². The molecule has 0 aliphatic rings. The zero-order chi connectivity index (χ0) is 23.9. The molecule has 0 saturated heterocycles. The molecule has 0 heterocycles. The maximum absolute atomic E-state index is 11.6. The fraction of sp³-hybridized carbons (Fsp3) is 0.138. The van der Waals surface area contributed by atoms with Crippen LogP contribution in [0.25, 0.3) is 0 Å². The van der Waals surface area contributed by atoms with Crippen LogP contribution in [0.4, 0.5) is 0 Å². The zero-order valence-corrected chi connectivity index (χ0v) is 21.6. The summed E-state index contributed by atoms with van der Waals surface area (Å²) in [6, 6.07) is 40.2. The summed E-state index contributed by atoms with van der Waals surface area (Å²) in [7, 11) is 0. The molecule has 0 atom stereocenters. The molecule has 0 N–H and O–H groups in total. The van der Waals surface area contributed by atoms with Crippen LogP contribution in [0, 0.1) is 0 Å². The number of esters is 1. The van der Waals surface area contributed by atoms with Crippen LogP contribution in [0.2, 0.25) is 0 Å². The molecule has 0 saturated carbocycles. The van der Waals surface area contributed by atoms with E-state index in [1.807, 2.05) is 12.1 Å². The van der Waals surface area contributed by atoms with Crippen LogP contribution < -0.4 is 20.7 Å². The second-order valence-electron chi connectivity index (χ2n) is 8.09. The van der Waals surface area contributed by atoms with Gasteiger partial charge >= 0.3 is 210 Å². The fourth-order valence-corrected chi connectivity index (χ4v) is 12.0. The summed E-state index contributed by atoms with van der Waals surface area (Å²) in [6.45, 7) is 2.03. The first-order valence-corrected chi connectivity index (χ1v) is 15.8. The zero-order valence-electron chi connectivity index (χ0n) is 19.1. The second kappa shape index (κ2) is 10.5. The number of ether oxygens (including phenoxy) is 2. The van der Waals surface area contributed by atoms with Crippen molar-refractivity contribution >= 4 is 42.7 Å². The number of hydrogen-bond donors (Lipinski definition) is 0. The van der Waals surface area contributed by atoms with E-state index in [1.54, 1.807) is 6.92 Å². The molecule has 0 aliphatic heterocycles. The number of carbonyl (C=O) groups excluding carboxylic acids is 1. The predicted molar refractivity (Wildman–Crippen MR) is 146 cm³/mol. The monoisotopic (exact) mass is 534 g/mol. The van der Waals surface area contributed by atoms with Gasteiger partial charge in [-0.05, 0) is 0 Å². The number of carbonyl (C=O) groups is 1. The summed E-state index contributed by atoms with van der Waals surface area (Å²) >= 11 is 4.48. The van der Waals surface area contributed by atoms with Gasteiger partial charge in [-0.1, -0.05) is 0 Å². The van der Waals surface area contributed by atoms with E-state index in [-0.39, 0.29) is 12.6 Å². The van der Waals surface area contributed by atoms with Gasteiger partial charge in [0.1, 0.15) is 0 Å². The molecule has 0 fully saturated rings. The van der Waals surface area contributed by atoms with E-state index >= 15 is 0 Å². The molecule has 3 nitrogen and oxygen atoms in total. The molecule has 4 aromatic carbocycles. The van der Waals surface area contributed by atoms with Crippen LogP contribution in [0.3, 0.4) is 0 Å². The Labute approximate surface area is 209 Å². The quantitative estimate of drug-likeness (QED) is 0.196. The second-order valence-corrected chi connectivity index (χ2v) is 17.0. The molecule has 0 radical (unpaired) electrons. The van der Waals surface area contributed by atoms with Gasteiger partial charge < -0.3 is 0 Å². The van der Waals surface area contributed by atoms with Crippen LogP contribution in [-0.4, -0.2) is 19.2 Å². The first-order chi connectivity index (χ1) is 16.5. The van der Waals surface area contributed by atoms with E-state index in [4.69, 9.17) is 9.47 Å². The van der Waals surface area contributed by atoms with Crippen LogP contribution >= 0.6 is 20.8 Å². The third kappa shape index (κ3) is 4.80. The van der Waals surface area contributed by atoms with Crippen LogP contribution in [0.15, 0.2) is 115 Å². The first-order valence-electron chi connectivity index (χ1n) is 11.3. The Morgan fingerprint density at radius 2 is 1.15 bits per heavy atom. The van der Waals surface area contributed by atoms with Crippen molar-refractivity contribution in [1.82, 2.24) is 0 Å². The van der Waals surface area contributed by atoms with Gasteiger partial charge in [-0.15, -0.1) is 0 Å². The number of rotatable bonds is 9. The predicted octanol–water partition coefficient (Wildman–Crippen LogP) is 5.97. The average Bonchev–Trinajstić information content (AvgIpc) is 2.90. The third-order valence-corrected chi connectivity index (χ3v) is 15.5. The van der Waals surface area contributed by atoms with Gasteiger partial charge in [0.05, 0.1) is 0 Å². The van der Waals surface area contributed by atoms with E-state index in [0.717, 1.165) is 6.16 Å².